The molecule has 3 aromatic rings. The van der Waals surface area contributed by atoms with Crippen LogP contribution < -0.4 is 10.2 Å². The van der Waals surface area contributed by atoms with Gasteiger partial charge in [0.25, 0.3) is 0 Å². The van der Waals surface area contributed by atoms with Gasteiger partial charge in [0.05, 0.1) is 35.5 Å². The first kappa shape index (κ1) is 20.6. The van der Waals surface area contributed by atoms with Crippen molar-refractivity contribution in [2.24, 2.45) is 0 Å². The second kappa shape index (κ2) is 8.00. The Balaban J connectivity index is 1.25. The molecule has 0 radical (unpaired) electrons. The van der Waals surface area contributed by atoms with E-state index in [4.69, 9.17) is 0 Å². The van der Waals surface area contributed by atoms with Crippen LogP contribution in [-0.4, -0.2) is 41.6 Å². The van der Waals surface area contributed by atoms with Crippen LogP contribution in [-0.2, 0) is 17.4 Å². The van der Waals surface area contributed by atoms with E-state index in [0.29, 0.717) is 44.7 Å². The van der Waals surface area contributed by atoms with Crippen molar-refractivity contribution in [2.75, 3.05) is 30.0 Å². The number of pyridine rings is 1. The van der Waals surface area contributed by atoms with Crippen LogP contribution in [0.5, 0.6) is 0 Å². The minimum atomic E-state index is -4.40. The molecular weight excluding hydrogens is 417 g/mol. The second-order valence-corrected chi connectivity index (χ2v) is 8.32. The molecule has 0 aliphatic carbocycles. The van der Waals surface area contributed by atoms with Crippen LogP contribution in [0.3, 0.4) is 0 Å². The molecule has 1 N–H and O–H groups in total. The molecule has 1 fully saturated rings. The highest BCUT2D eigenvalue weighted by molar-refractivity contribution is 5.83. The largest absolute Gasteiger partial charge is 0.418 e. The maximum absolute atomic E-state index is 13.5. The molecule has 32 heavy (non-hydrogen) atoms. The Morgan fingerprint density at radius 3 is 2.69 bits per heavy atom. The second-order valence-electron chi connectivity index (χ2n) is 8.32. The molecule has 166 valence electrons. The van der Waals surface area contributed by atoms with E-state index >= 15 is 0 Å². The molecule has 0 saturated carbocycles. The monoisotopic (exact) mass is 440 g/mol. The van der Waals surface area contributed by atoms with Gasteiger partial charge in [0, 0.05) is 30.7 Å². The van der Waals surface area contributed by atoms with E-state index in [2.05, 4.69) is 10.3 Å². The predicted octanol–water partition coefficient (Wildman–Crippen LogP) is 4.68. The molecule has 0 bridgehead atoms. The lowest BCUT2D eigenvalue weighted by atomic mass is 10.0. The maximum atomic E-state index is 13.5. The fraction of sp³-hybridized carbons (Fsp3) is 0.333. The summed E-state index contributed by atoms with van der Waals surface area (Å²) in [5.74, 6) is 0.0441. The fourth-order valence-electron chi connectivity index (χ4n) is 4.73. The van der Waals surface area contributed by atoms with Gasteiger partial charge in [-0.2, -0.15) is 13.2 Å². The fourth-order valence-corrected chi connectivity index (χ4v) is 4.73. The van der Waals surface area contributed by atoms with Gasteiger partial charge in [-0.25, -0.2) is 0 Å². The molecule has 5 rings (SSSR count). The number of nitrogens with one attached hydrogen (secondary N) is 1. The quantitative estimate of drug-likeness (QED) is 0.643. The van der Waals surface area contributed by atoms with Crippen LogP contribution in [0.15, 0.2) is 54.7 Å². The zero-order valence-electron chi connectivity index (χ0n) is 17.4. The molecule has 1 saturated heterocycles. The average molecular weight is 440 g/mol. The van der Waals surface area contributed by atoms with E-state index in [9.17, 15) is 18.0 Å². The van der Waals surface area contributed by atoms with Crippen molar-refractivity contribution in [3.8, 4) is 0 Å². The minimum Gasteiger partial charge on any atom is -0.366 e. The molecule has 1 aromatic heterocycles. The van der Waals surface area contributed by atoms with Crippen LogP contribution in [0.1, 0.15) is 24.0 Å². The summed E-state index contributed by atoms with van der Waals surface area (Å²) < 4.78 is 40.6. The number of anilines is 2. The highest BCUT2D eigenvalue weighted by Gasteiger charge is 2.40. The SMILES string of the molecule is O=C(Cc1ccc2ncccc2c1)N1CCC(N2CNc3cccc(C(F)(F)F)c32)CC1. The van der Waals surface area contributed by atoms with Crippen LogP contribution in [0.25, 0.3) is 10.9 Å². The Labute approximate surface area is 183 Å². The lowest BCUT2D eigenvalue weighted by Crippen LogP contribution is -2.47. The molecule has 2 aliphatic rings. The zero-order chi connectivity index (χ0) is 22.3. The Morgan fingerprint density at radius 2 is 1.91 bits per heavy atom. The summed E-state index contributed by atoms with van der Waals surface area (Å²) >= 11 is 0. The summed E-state index contributed by atoms with van der Waals surface area (Å²) in [7, 11) is 0. The van der Waals surface area contributed by atoms with Crippen molar-refractivity contribution in [1.82, 2.24) is 9.88 Å². The molecule has 3 heterocycles. The molecule has 2 aliphatic heterocycles. The molecule has 5 nitrogen and oxygen atoms in total. The van der Waals surface area contributed by atoms with E-state index in [1.807, 2.05) is 40.1 Å². The highest BCUT2D eigenvalue weighted by Crippen LogP contribution is 2.44. The maximum Gasteiger partial charge on any atom is 0.418 e. The Bertz CT molecular complexity index is 1160. The van der Waals surface area contributed by atoms with Gasteiger partial charge in [0.2, 0.25) is 5.91 Å². The summed E-state index contributed by atoms with van der Waals surface area (Å²) in [6, 6.07) is 13.9. The number of halogens is 3. The van der Waals surface area contributed by atoms with Gasteiger partial charge in [0.15, 0.2) is 0 Å². The number of hydrogen-bond donors (Lipinski definition) is 1. The number of rotatable bonds is 3. The molecule has 0 atom stereocenters. The van der Waals surface area contributed by atoms with Crippen molar-refractivity contribution in [1.29, 1.82) is 0 Å². The van der Waals surface area contributed by atoms with Crippen molar-refractivity contribution in [3.05, 3.63) is 65.9 Å². The standard InChI is InChI=1S/C24H23F3N4O/c25-24(26,27)19-4-1-5-21-23(19)31(15-29-21)18-8-11-30(12-9-18)22(32)14-16-6-7-20-17(13-16)3-2-10-28-20/h1-7,10,13,18,29H,8-9,11-12,14-15H2. The lowest BCUT2D eigenvalue weighted by Gasteiger charge is -2.38. The Morgan fingerprint density at radius 1 is 1.09 bits per heavy atom. The zero-order valence-corrected chi connectivity index (χ0v) is 17.4. The summed E-state index contributed by atoms with van der Waals surface area (Å²) in [5, 5.41) is 4.08. The van der Waals surface area contributed by atoms with E-state index in [0.717, 1.165) is 22.5 Å². The average Bonchev–Trinajstić information content (AvgIpc) is 3.22. The number of fused-ring (bicyclic) bond motifs is 2. The number of alkyl halides is 3. The third-order valence-electron chi connectivity index (χ3n) is 6.35. The number of hydrogen-bond acceptors (Lipinski definition) is 4. The van der Waals surface area contributed by atoms with Crippen LogP contribution in [0.2, 0.25) is 0 Å². The smallest absolute Gasteiger partial charge is 0.366 e. The molecule has 0 spiro atoms. The van der Waals surface area contributed by atoms with Crippen molar-refractivity contribution in [3.63, 3.8) is 0 Å². The number of amides is 1. The molecule has 2 aromatic carbocycles. The third kappa shape index (κ3) is 3.85. The number of carbonyl (C=O) groups is 1. The minimum absolute atomic E-state index is 0.0388. The Kier molecular flexibility index (Phi) is 5.15. The number of aromatic nitrogens is 1. The first-order chi connectivity index (χ1) is 15.4. The predicted molar refractivity (Wildman–Crippen MR) is 117 cm³/mol. The molecule has 0 unspecified atom stereocenters. The molecule has 8 heteroatoms. The highest BCUT2D eigenvalue weighted by atomic mass is 19.4. The lowest BCUT2D eigenvalue weighted by molar-refractivity contribution is -0.137. The van der Waals surface area contributed by atoms with Gasteiger partial charge in [-0.05, 0) is 48.7 Å². The van der Waals surface area contributed by atoms with E-state index in [1.165, 1.54) is 6.07 Å². The van der Waals surface area contributed by atoms with E-state index in [-0.39, 0.29) is 17.6 Å². The van der Waals surface area contributed by atoms with E-state index in [1.54, 1.807) is 12.3 Å². The number of piperidine rings is 1. The Hall–Kier alpha value is -3.29. The van der Waals surface area contributed by atoms with Crippen LogP contribution in [0, 0.1) is 0 Å². The summed E-state index contributed by atoms with van der Waals surface area (Å²) in [5.41, 5.74) is 1.97. The number of nitrogens with zero attached hydrogens (tertiary/aromatic N) is 3. The summed E-state index contributed by atoms with van der Waals surface area (Å²) in [6.07, 6.45) is -1.08. The van der Waals surface area contributed by atoms with Crippen LogP contribution in [0.4, 0.5) is 24.5 Å². The summed E-state index contributed by atoms with van der Waals surface area (Å²) in [4.78, 5) is 20.8. The third-order valence-corrected chi connectivity index (χ3v) is 6.35. The molecule has 1 amide bonds. The normalized spacial score (nSPS) is 16.8. The van der Waals surface area contributed by atoms with Gasteiger partial charge in [-0.3, -0.25) is 9.78 Å². The molecular formula is C24H23F3N4O. The van der Waals surface area contributed by atoms with Crippen molar-refractivity contribution in [2.45, 2.75) is 31.5 Å². The van der Waals surface area contributed by atoms with Gasteiger partial charge < -0.3 is 15.1 Å². The number of carbonyl (C=O) groups excluding carboxylic acids is 1. The van der Waals surface area contributed by atoms with E-state index < -0.39 is 11.7 Å². The summed E-state index contributed by atoms with van der Waals surface area (Å²) in [6.45, 7) is 1.43. The number of para-hydroxylation sites is 1. The number of likely N-dealkylation sites (tertiary alicyclic amines) is 1. The first-order valence-corrected chi connectivity index (χ1v) is 10.7. The van der Waals surface area contributed by atoms with Crippen molar-refractivity contribution < 1.29 is 18.0 Å². The topological polar surface area (TPSA) is 48.5 Å². The van der Waals surface area contributed by atoms with Gasteiger partial charge in [-0.1, -0.05) is 18.2 Å². The first-order valence-electron chi connectivity index (χ1n) is 10.7. The van der Waals surface area contributed by atoms with Gasteiger partial charge in [0.1, 0.15) is 0 Å². The van der Waals surface area contributed by atoms with Crippen LogP contribution >= 0.6 is 0 Å². The van der Waals surface area contributed by atoms with Gasteiger partial charge in [-0.15, -0.1) is 0 Å². The van der Waals surface area contributed by atoms with Gasteiger partial charge >= 0.3 is 6.18 Å². The van der Waals surface area contributed by atoms with Crippen molar-refractivity contribution >= 4 is 28.2 Å². The number of benzene rings is 2.